The van der Waals surface area contributed by atoms with Crippen molar-refractivity contribution in [1.29, 1.82) is 0 Å². The van der Waals surface area contributed by atoms with Crippen molar-refractivity contribution in [1.82, 2.24) is 10.2 Å². The predicted octanol–water partition coefficient (Wildman–Crippen LogP) is 2.91. The molecule has 19 heavy (non-hydrogen) atoms. The Balaban J connectivity index is 2.48. The van der Waals surface area contributed by atoms with Gasteiger partial charge in [0.2, 0.25) is 5.91 Å². The van der Waals surface area contributed by atoms with Crippen LogP contribution in [0.15, 0.2) is 0 Å². The highest BCUT2D eigenvalue weighted by Gasteiger charge is 2.32. The van der Waals surface area contributed by atoms with Crippen molar-refractivity contribution >= 4 is 5.91 Å². The molecule has 3 nitrogen and oxygen atoms in total. The Morgan fingerprint density at radius 1 is 1.26 bits per heavy atom. The Morgan fingerprint density at radius 3 is 2.26 bits per heavy atom. The smallest absolute Gasteiger partial charge is 0.220 e. The molecule has 2 atom stereocenters. The van der Waals surface area contributed by atoms with Crippen LogP contribution in [0.2, 0.25) is 0 Å². The van der Waals surface area contributed by atoms with Gasteiger partial charge in [0, 0.05) is 31.6 Å². The van der Waals surface area contributed by atoms with Gasteiger partial charge in [-0.3, -0.25) is 9.69 Å². The van der Waals surface area contributed by atoms with Crippen LogP contribution in [-0.4, -0.2) is 36.0 Å². The van der Waals surface area contributed by atoms with E-state index in [1.165, 1.54) is 6.42 Å². The van der Waals surface area contributed by atoms with Crippen LogP contribution >= 0.6 is 0 Å². The first kappa shape index (κ1) is 16.5. The summed E-state index contributed by atoms with van der Waals surface area (Å²) in [4.78, 5) is 14.3. The van der Waals surface area contributed by atoms with Crippen LogP contribution in [-0.2, 0) is 4.79 Å². The van der Waals surface area contributed by atoms with Crippen molar-refractivity contribution < 1.29 is 4.79 Å². The minimum absolute atomic E-state index is 0.0512. The number of piperidine rings is 1. The molecule has 0 aromatic heterocycles. The van der Waals surface area contributed by atoms with Crippen LogP contribution in [0.1, 0.15) is 54.4 Å². The number of likely N-dealkylation sites (tertiary alicyclic amines) is 1. The minimum Gasteiger partial charge on any atom is -0.354 e. The topological polar surface area (TPSA) is 32.3 Å². The number of carbonyl (C=O) groups is 1. The van der Waals surface area contributed by atoms with Gasteiger partial charge in [0.25, 0.3) is 0 Å². The van der Waals surface area contributed by atoms with E-state index in [1.54, 1.807) is 0 Å². The molecule has 0 aliphatic carbocycles. The number of rotatable bonds is 5. The molecule has 1 fully saturated rings. The summed E-state index contributed by atoms with van der Waals surface area (Å²) in [5, 5.41) is 3.10. The zero-order chi connectivity index (χ0) is 14.6. The van der Waals surface area contributed by atoms with Crippen molar-refractivity contribution in [2.75, 3.05) is 19.6 Å². The molecule has 1 amide bonds. The summed E-state index contributed by atoms with van der Waals surface area (Å²) in [6.07, 6.45) is 1.95. The molecule has 1 saturated heterocycles. The number of nitrogens with one attached hydrogen (secondary N) is 1. The lowest BCUT2D eigenvalue weighted by Gasteiger charge is -2.45. The number of hydrogen-bond donors (Lipinski definition) is 1. The lowest BCUT2D eigenvalue weighted by Crippen LogP contribution is -2.56. The number of amides is 1. The van der Waals surface area contributed by atoms with E-state index >= 15 is 0 Å². The summed E-state index contributed by atoms with van der Waals surface area (Å²) in [7, 11) is 0. The highest BCUT2D eigenvalue weighted by atomic mass is 16.1. The van der Waals surface area contributed by atoms with Gasteiger partial charge < -0.3 is 5.32 Å². The zero-order valence-electron chi connectivity index (χ0n) is 13.6. The molecule has 0 aromatic carbocycles. The quantitative estimate of drug-likeness (QED) is 0.831. The van der Waals surface area contributed by atoms with Crippen LogP contribution in [0.25, 0.3) is 0 Å². The lowest BCUT2D eigenvalue weighted by atomic mass is 9.88. The second kappa shape index (κ2) is 6.74. The first-order valence-corrected chi connectivity index (χ1v) is 7.72. The third-order valence-electron chi connectivity index (χ3n) is 4.04. The molecule has 1 aliphatic heterocycles. The van der Waals surface area contributed by atoms with E-state index in [0.29, 0.717) is 12.3 Å². The summed E-state index contributed by atoms with van der Waals surface area (Å²) >= 11 is 0. The van der Waals surface area contributed by atoms with Crippen molar-refractivity contribution in [2.45, 2.75) is 59.9 Å². The van der Waals surface area contributed by atoms with Crippen LogP contribution in [0, 0.1) is 17.8 Å². The van der Waals surface area contributed by atoms with Gasteiger partial charge in [0.1, 0.15) is 0 Å². The molecule has 0 aromatic rings. The maximum absolute atomic E-state index is 11.8. The van der Waals surface area contributed by atoms with E-state index in [4.69, 9.17) is 0 Å². The van der Waals surface area contributed by atoms with Gasteiger partial charge in [-0.1, -0.05) is 27.7 Å². The van der Waals surface area contributed by atoms with E-state index in [1.807, 2.05) is 0 Å². The Labute approximate surface area is 119 Å². The first-order valence-electron chi connectivity index (χ1n) is 7.72. The molecule has 0 radical (unpaired) electrons. The molecule has 0 spiro atoms. The fourth-order valence-corrected chi connectivity index (χ4v) is 3.03. The summed E-state index contributed by atoms with van der Waals surface area (Å²) in [6, 6.07) is 0. The van der Waals surface area contributed by atoms with E-state index in [0.717, 1.165) is 31.5 Å². The Hall–Kier alpha value is -0.570. The molecule has 1 aliphatic rings. The Morgan fingerprint density at radius 2 is 1.79 bits per heavy atom. The maximum atomic E-state index is 11.8. The van der Waals surface area contributed by atoms with E-state index in [-0.39, 0.29) is 11.4 Å². The molecule has 1 rings (SSSR count). The van der Waals surface area contributed by atoms with Gasteiger partial charge >= 0.3 is 0 Å². The van der Waals surface area contributed by atoms with Crippen LogP contribution in [0.5, 0.6) is 0 Å². The molecular weight excluding hydrogens is 236 g/mol. The van der Waals surface area contributed by atoms with E-state index in [9.17, 15) is 4.79 Å². The summed E-state index contributed by atoms with van der Waals surface area (Å²) in [6.45, 7) is 16.4. The van der Waals surface area contributed by atoms with Gasteiger partial charge in [-0.15, -0.1) is 0 Å². The fourth-order valence-electron chi connectivity index (χ4n) is 3.03. The van der Waals surface area contributed by atoms with Gasteiger partial charge in [-0.25, -0.2) is 0 Å². The zero-order valence-corrected chi connectivity index (χ0v) is 13.6. The molecule has 3 heteroatoms. The first-order chi connectivity index (χ1) is 8.70. The average molecular weight is 268 g/mol. The van der Waals surface area contributed by atoms with Gasteiger partial charge in [-0.05, 0) is 38.0 Å². The Kier molecular flexibility index (Phi) is 5.84. The fraction of sp³-hybridized carbons (Fsp3) is 0.938. The molecule has 1 N–H and O–H groups in total. The number of carbonyl (C=O) groups excluding carboxylic acids is 1. The maximum Gasteiger partial charge on any atom is 0.220 e. The SMILES string of the molecule is CC(C)CC(=O)NCC(C)(C)N1CC(C)CC(C)C1. The monoisotopic (exact) mass is 268 g/mol. The van der Waals surface area contributed by atoms with Crippen molar-refractivity contribution in [2.24, 2.45) is 17.8 Å². The van der Waals surface area contributed by atoms with E-state index in [2.05, 4.69) is 51.8 Å². The van der Waals surface area contributed by atoms with E-state index < -0.39 is 0 Å². The second-order valence-corrected chi connectivity index (χ2v) is 7.54. The third kappa shape index (κ3) is 5.52. The van der Waals surface area contributed by atoms with Gasteiger partial charge in [-0.2, -0.15) is 0 Å². The number of hydrogen-bond acceptors (Lipinski definition) is 2. The van der Waals surface area contributed by atoms with Crippen LogP contribution < -0.4 is 5.32 Å². The molecule has 112 valence electrons. The largest absolute Gasteiger partial charge is 0.354 e. The molecule has 2 unspecified atom stereocenters. The van der Waals surface area contributed by atoms with Crippen molar-refractivity contribution in [3.63, 3.8) is 0 Å². The molecule has 1 heterocycles. The third-order valence-corrected chi connectivity index (χ3v) is 4.04. The molecule has 0 saturated carbocycles. The predicted molar refractivity (Wildman–Crippen MR) is 81.1 cm³/mol. The van der Waals surface area contributed by atoms with Crippen LogP contribution in [0.4, 0.5) is 0 Å². The van der Waals surface area contributed by atoms with Gasteiger partial charge in [0.15, 0.2) is 0 Å². The molecule has 0 bridgehead atoms. The number of nitrogens with zero attached hydrogens (tertiary/aromatic N) is 1. The van der Waals surface area contributed by atoms with Gasteiger partial charge in [0.05, 0.1) is 0 Å². The normalized spacial score (nSPS) is 25.6. The van der Waals surface area contributed by atoms with Crippen molar-refractivity contribution in [3.8, 4) is 0 Å². The molecular formula is C16H32N2O. The average Bonchev–Trinajstić information content (AvgIpc) is 2.24. The summed E-state index contributed by atoms with van der Waals surface area (Å²) in [5.41, 5.74) is 0.0512. The summed E-state index contributed by atoms with van der Waals surface area (Å²) < 4.78 is 0. The second-order valence-electron chi connectivity index (χ2n) is 7.54. The highest BCUT2D eigenvalue weighted by molar-refractivity contribution is 5.76. The standard InChI is InChI=1S/C16H32N2O/c1-12(2)7-15(19)17-11-16(5,6)18-9-13(3)8-14(4)10-18/h12-14H,7-11H2,1-6H3,(H,17,19). The van der Waals surface area contributed by atoms with Crippen molar-refractivity contribution in [3.05, 3.63) is 0 Å². The highest BCUT2D eigenvalue weighted by Crippen LogP contribution is 2.26. The summed E-state index contributed by atoms with van der Waals surface area (Å²) in [5.74, 6) is 2.13. The minimum atomic E-state index is 0.0512. The lowest BCUT2D eigenvalue weighted by molar-refractivity contribution is -0.122. The Bertz CT molecular complexity index is 289. The van der Waals surface area contributed by atoms with Crippen LogP contribution in [0.3, 0.4) is 0 Å².